The van der Waals surface area contributed by atoms with E-state index >= 15 is 0 Å². The zero-order chi connectivity index (χ0) is 100. The number of benzene rings is 4. The molecular formula is C98H138N14O25. The number of hydrogen-bond donors (Lipinski definition) is 7. The average Bonchev–Trinajstić information content (AvgIpc) is 1.77. The van der Waals surface area contributed by atoms with Crippen molar-refractivity contribution in [2.75, 3.05) is 120 Å². The van der Waals surface area contributed by atoms with Gasteiger partial charge in [0.05, 0.1) is 107 Å². The second-order valence-electron chi connectivity index (χ2n) is 35.6. The molecule has 0 aliphatic carbocycles. The number of imide groups is 2. The van der Waals surface area contributed by atoms with Gasteiger partial charge in [0.2, 0.25) is 23.6 Å². The minimum Gasteiger partial charge on any atom is -0.429 e. The molecule has 9 rings (SSSR count). The maximum Gasteiger partial charge on any atom is 0.514 e. The number of carbonyl (C=O) groups excluding carboxylic acids is 14. The van der Waals surface area contributed by atoms with Crippen LogP contribution in [0.2, 0.25) is 0 Å². The third-order valence-electron chi connectivity index (χ3n) is 24.9. The number of nitrogens with two attached hydrogens (primary N) is 1. The van der Waals surface area contributed by atoms with Gasteiger partial charge in [0, 0.05) is 159 Å². The highest BCUT2D eigenvalue weighted by Crippen LogP contribution is 2.34. The van der Waals surface area contributed by atoms with Crippen molar-refractivity contribution < 1.29 is 116 Å². The van der Waals surface area contributed by atoms with Crippen LogP contribution in [0.5, 0.6) is 5.75 Å². The molecule has 0 bridgehead atoms. The van der Waals surface area contributed by atoms with Crippen LogP contribution in [0.25, 0.3) is 11.0 Å². The number of urea groups is 1. The number of likely N-dealkylation sites (tertiary alicyclic amines) is 1. The molecule has 39 nitrogen and oxygen atoms in total. The van der Waals surface area contributed by atoms with Crippen LogP contribution in [-0.4, -0.2) is 300 Å². The van der Waals surface area contributed by atoms with Crippen molar-refractivity contribution in [2.24, 2.45) is 53.1 Å². The maximum absolute atomic E-state index is 14.6. The quantitative estimate of drug-likeness (QED) is 0.00382. The molecule has 10 amide bonds. The number of likely N-dealkylation sites (N-methyl/N-ethyl adjacent to an activating group) is 1. The third kappa shape index (κ3) is 35.5. The molecule has 2 saturated heterocycles. The summed E-state index contributed by atoms with van der Waals surface area (Å²) in [6.45, 7) is 23.2. The number of ether oxygens (including phenoxy) is 7. The first-order valence-corrected chi connectivity index (χ1v) is 46.9. The van der Waals surface area contributed by atoms with Gasteiger partial charge in [-0.25, -0.2) is 9.59 Å². The summed E-state index contributed by atoms with van der Waals surface area (Å²) in [4.78, 5) is 203. The molecular weight excluding hydrogens is 1770 g/mol. The zero-order valence-corrected chi connectivity index (χ0v) is 80.7. The lowest BCUT2D eigenvalue weighted by Crippen LogP contribution is -2.55. The van der Waals surface area contributed by atoms with E-state index in [1.165, 1.54) is 24.3 Å². The van der Waals surface area contributed by atoms with Crippen molar-refractivity contribution in [3.8, 4) is 5.75 Å². The van der Waals surface area contributed by atoms with Gasteiger partial charge in [-0.3, -0.25) is 82.3 Å². The molecule has 1 unspecified atom stereocenters. The van der Waals surface area contributed by atoms with Crippen LogP contribution < -0.4 is 31.7 Å². The monoisotopic (exact) mass is 1910 g/mol. The molecule has 5 heterocycles. The second kappa shape index (κ2) is 57.9. The molecule has 5 aromatic rings. The van der Waals surface area contributed by atoms with E-state index in [1.54, 1.807) is 76.4 Å². The van der Waals surface area contributed by atoms with Crippen LogP contribution in [0.4, 0.5) is 15.3 Å². The van der Waals surface area contributed by atoms with Crippen molar-refractivity contribution in [2.45, 2.75) is 195 Å². The number of aliphatic hydroxyl groups excluding tert-OH is 1. The number of nitrogens with one attached hydrogen (secondary N) is 4. The molecule has 4 aromatic carbocycles. The Bertz CT molecular complexity index is 4820. The Kier molecular flexibility index (Phi) is 47.4. The summed E-state index contributed by atoms with van der Waals surface area (Å²) in [5.41, 5.74) is 8.39. The minimum atomic E-state index is -1.04. The van der Waals surface area contributed by atoms with Gasteiger partial charge in [-0.1, -0.05) is 140 Å². The number of primary amides is 1. The van der Waals surface area contributed by atoms with E-state index in [-0.39, 0.29) is 192 Å². The molecule has 1 aromatic heterocycles. The highest BCUT2D eigenvalue weighted by atomic mass is 16.7. The van der Waals surface area contributed by atoms with Crippen LogP contribution in [0, 0.1) is 57.5 Å². The topological polar surface area (TPSA) is 508 Å². The van der Waals surface area contributed by atoms with Gasteiger partial charge in [0.15, 0.2) is 11.6 Å². The number of aliphatic hydroxyl groups is 1. The van der Waals surface area contributed by atoms with Crippen molar-refractivity contribution in [1.82, 2.24) is 60.9 Å². The summed E-state index contributed by atoms with van der Waals surface area (Å²) in [7, 11) is 4.94. The Morgan fingerprint density at radius 2 is 1.27 bits per heavy atom. The predicted molar refractivity (Wildman–Crippen MR) is 503 cm³/mol. The number of fused-ring (bicyclic) bond motifs is 1. The summed E-state index contributed by atoms with van der Waals surface area (Å²) < 4.78 is 38.6. The number of hydrogen-bond acceptors (Lipinski definition) is 29. The van der Waals surface area contributed by atoms with Gasteiger partial charge < -0.3 is 80.3 Å². The SMILES string of the molecule is CC(C)[C@H](CC(=O)CCC(CN1C(=O)C=CC1=O)N1C(=O)C=CC1=O)C(=O)N[C@@H](CCCNC(N)=O)C(=O)Cc1ccc(COC(=O)Oc2ccc([N+](=O)[O-])cc2)cc1.CC[C@H](C)[C@@H]([C@@H](CC(=O)N1CCC[C@H]1[C@H](OC)[C@@H](C)C(=O)C[C@@H](Cc1ccccc1)C(=O)NCCOCCOCCOCCO)OC)N(C)C(=O)[C@@H](CC(=O)[C@H](C(C)C)N1CCNCC1)C(C)C.On1nnc2ccccc21. The Labute approximate surface area is 799 Å². The standard InChI is InChI=1S/C52H89N5O11.C40H44N6O13.C6H5N3O/c1-11-38(6)49(55(8)52(63)42(36(2)3)34-45(60)48(37(4)5)56-23-19-53-20-24-56)46(64-9)35-47(61)57-22-15-18-43(57)50(65-10)39(7)44(59)33-41(32-40-16-13-12-14-17-40)51(62)54-21-26-66-28-30-68-31-29-67-27-25-58;1-24(2)31(21-29(47)12-9-28(45-36(51)17-18-37(45)52)22-44-34(49)15-16-35(44)50)38(53)43-32(4-3-19-42-39(41)54)33(48)20-25-5-7-26(8-6-25)23-58-40(55)59-30-13-10-27(11-14-30)46(56)57;10-9-6-4-2-1-3-5(6)7-8-9/h12-14,16-17,36-39,41-43,46,48-50,53,58H,11,15,18-35H2,1-10H3,(H,54,62);5-8,10-11,13-18,24,28,31-32H,3-4,9,12,19-23H2,1-2H3,(H,43,53)(H3,41,42,54);1-4,10H/t38-,39-,41+,42-,43-,46+,48-,49-,50+;28?,31-,32-;/m00./s1. The van der Waals surface area contributed by atoms with Crippen LogP contribution >= 0.6 is 0 Å². The van der Waals surface area contributed by atoms with Crippen LogP contribution in [0.3, 0.4) is 0 Å². The highest BCUT2D eigenvalue weighted by molar-refractivity contribution is 6.14. The number of carbonyl (C=O) groups is 14. The van der Waals surface area contributed by atoms with Gasteiger partial charge in [-0.2, -0.15) is 0 Å². The fraction of sp³-hybridized carbons (Fsp3) is 0.571. The first-order chi connectivity index (χ1) is 65.5. The number of non-ortho nitro benzene ring substituents is 1. The van der Waals surface area contributed by atoms with Crippen molar-refractivity contribution in [3.63, 3.8) is 0 Å². The Morgan fingerprint density at radius 3 is 1.86 bits per heavy atom. The fourth-order valence-electron chi connectivity index (χ4n) is 17.2. The average molecular weight is 1910 g/mol. The van der Waals surface area contributed by atoms with Gasteiger partial charge in [0.1, 0.15) is 35.0 Å². The number of methoxy groups -OCH3 is 2. The van der Waals surface area contributed by atoms with Crippen molar-refractivity contribution in [1.29, 1.82) is 0 Å². The van der Waals surface area contributed by atoms with Crippen LogP contribution in [0.1, 0.15) is 150 Å². The fourth-order valence-corrected chi connectivity index (χ4v) is 17.2. The van der Waals surface area contributed by atoms with Gasteiger partial charge in [-0.05, 0) is 108 Å². The summed E-state index contributed by atoms with van der Waals surface area (Å²) in [6, 6.07) is 24.4. The van der Waals surface area contributed by atoms with Gasteiger partial charge in [-0.15, -0.1) is 5.10 Å². The Balaban J connectivity index is 0.000000339. The van der Waals surface area contributed by atoms with E-state index in [1.807, 2.05) is 68.1 Å². The van der Waals surface area contributed by atoms with E-state index in [4.69, 9.17) is 49.2 Å². The number of rotatable bonds is 56. The molecule has 39 heteroatoms. The summed E-state index contributed by atoms with van der Waals surface area (Å²) in [6.07, 6.45) is 4.46. The summed E-state index contributed by atoms with van der Waals surface area (Å²) in [5.74, 6) is -7.32. The molecule has 8 N–H and O–H groups in total. The molecule has 0 saturated carbocycles. The molecule has 4 aliphatic rings. The molecule has 750 valence electrons. The molecule has 137 heavy (non-hydrogen) atoms. The number of nitro groups is 1. The van der Waals surface area contributed by atoms with Gasteiger partial charge >= 0.3 is 12.2 Å². The largest absolute Gasteiger partial charge is 0.514 e. The van der Waals surface area contributed by atoms with E-state index in [0.717, 1.165) is 83.5 Å². The van der Waals surface area contributed by atoms with E-state index in [0.29, 0.717) is 68.0 Å². The number of para-hydroxylation sites is 1. The zero-order valence-electron chi connectivity index (χ0n) is 80.7. The predicted octanol–water partition coefficient (Wildman–Crippen LogP) is 7.30. The maximum atomic E-state index is 14.6. The van der Waals surface area contributed by atoms with Crippen LogP contribution in [0.15, 0.2) is 127 Å². The normalized spacial score (nSPS) is 16.8. The number of nitrogens with zero attached hydrogens (tertiary/aromatic N) is 9. The number of amides is 10. The minimum absolute atomic E-state index is 0.00496. The first-order valence-electron chi connectivity index (χ1n) is 46.9. The first kappa shape index (κ1) is 112. The van der Waals surface area contributed by atoms with Gasteiger partial charge in [0.25, 0.3) is 29.3 Å². The van der Waals surface area contributed by atoms with Crippen LogP contribution in [-0.2, 0) is 105 Å². The molecule has 2 fully saturated rings. The summed E-state index contributed by atoms with van der Waals surface area (Å²) >= 11 is 0. The number of ketones is 4. The smallest absolute Gasteiger partial charge is 0.429 e. The summed E-state index contributed by atoms with van der Waals surface area (Å²) in [5, 5.41) is 47.2. The number of Topliss-reactive ketones (excluding diaryl/α,β-unsaturated/α-hetero) is 4. The molecule has 12 atom stereocenters. The third-order valence-corrected chi connectivity index (χ3v) is 24.9. The lowest BCUT2D eigenvalue weighted by molar-refractivity contribution is -0.384. The Hall–Kier alpha value is -12.0. The molecule has 4 aliphatic heterocycles. The number of piperazine rings is 1. The van der Waals surface area contributed by atoms with E-state index in [2.05, 4.69) is 64.2 Å². The van der Waals surface area contributed by atoms with Crippen molar-refractivity contribution >= 4 is 99.3 Å². The van der Waals surface area contributed by atoms with E-state index in [9.17, 15) is 77.2 Å². The lowest BCUT2D eigenvalue weighted by atomic mass is 9.83. The molecule has 0 radical (unpaired) electrons. The molecule has 0 spiro atoms. The van der Waals surface area contributed by atoms with E-state index < -0.39 is 101 Å². The Morgan fingerprint density at radius 1 is 0.657 bits per heavy atom. The number of aromatic nitrogens is 3. The second-order valence-corrected chi connectivity index (χ2v) is 35.6. The lowest BCUT2D eigenvalue weighted by Gasteiger charge is -2.41. The van der Waals surface area contributed by atoms with Crippen molar-refractivity contribution in [3.05, 3.63) is 154 Å². The highest BCUT2D eigenvalue weighted by Gasteiger charge is 2.45. The number of nitro benzene ring substituents is 1.